The summed E-state index contributed by atoms with van der Waals surface area (Å²) in [5.74, 6) is 0.727. The molecule has 0 saturated heterocycles. The number of aromatic nitrogens is 2. The number of nitrogen functional groups attached to an aromatic ring is 1. The Morgan fingerprint density at radius 1 is 0.920 bits per heavy atom. The molecule has 130 valence electrons. The molecular weight excluding hydrogens is 357 g/mol. The van der Waals surface area contributed by atoms with E-state index in [1.807, 2.05) is 42.5 Å². The minimum absolute atomic E-state index is 0.259. The highest BCUT2D eigenvalue weighted by molar-refractivity contribution is 6.32. The molecule has 0 saturated carbocycles. The number of fused-ring (bicyclic) bond motifs is 1. The summed E-state index contributed by atoms with van der Waals surface area (Å²) in [6.45, 7) is 0.636. The molecule has 0 unspecified atom stereocenters. The van der Waals surface area contributed by atoms with Gasteiger partial charge in [0.05, 0.1) is 22.8 Å². The molecule has 0 aliphatic heterocycles. The SMILES string of the molecule is Nc1cccc2nc(Cl)nc(CCCCCOc3ccccc3Cl)c12. The molecule has 0 fully saturated rings. The zero-order chi connectivity index (χ0) is 17.6. The maximum absolute atomic E-state index is 6.08. The van der Waals surface area contributed by atoms with Crippen molar-refractivity contribution in [2.45, 2.75) is 25.7 Å². The first-order valence-electron chi connectivity index (χ1n) is 8.23. The molecule has 0 spiro atoms. The Balaban J connectivity index is 1.53. The smallest absolute Gasteiger partial charge is 0.223 e. The van der Waals surface area contributed by atoms with Crippen LogP contribution in [0.5, 0.6) is 5.75 Å². The van der Waals surface area contributed by atoms with Gasteiger partial charge in [-0.05, 0) is 61.5 Å². The fourth-order valence-corrected chi connectivity index (χ4v) is 3.14. The molecule has 3 rings (SSSR count). The topological polar surface area (TPSA) is 61.0 Å². The van der Waals surface area contributed by atoms with Crippen molar-refractivity contribution in [3.05, 3.63) is 58.5 Å². The summed E-state index contributed by atoms with van der Waals surface area (Å²) in [5, 5.41) is 1.80. The van der Waals surface area contributed by atoms with E-state index >= 15 is 0 Å². The van der Waals surface area contributed by atoms with Crippen molar-refractivity contribution in [3.8, 4) is 5.75 Å². The van der Waals surface area contributed by atoms with Gasteiger partial charge < -0.3 is 10.5 Å². The van der Waals surface area contributed by atoms with Crippen molar-refractivity contribution < 1.29 is 4.74 Å². The Hall–Kier alpha value is -2.04. The number of para-hydroxylation sites is 1. The number of rotatable bonds is 7. The van der Waals surface area contributed by atoms with E-state index in [2.05, 4.69) is 9.97 Å². The number of nitrogens with two attached hydrogens (primary N) is 1. The van der Waals surface area contributed by atoms with Gasteiger partial charge in [-0.2, -0.15) is 0 Å². The number of ether oxygens (including phenoxy) is 1. The Morgan fingerprint density at radius 2 is 1.76 bits per heavy atom. The predicted molar refractivity (Wildman–Crippen MR) is 103 cm³/mol. The van der Waals surface area contributed by atoms with Crippen LogP contribution in [0.2, 0.25) is 10.3 Å². The van der Waals surface area contributed by atoms with Crippen molar-refractivity contribution in [1.82, 2.24) is 9.97 Å². The molecule has 6 heteroatoms. The van der Waals surface area contributed by atoms with Gasteiger partial charge in [-0.1, -0.05) is 29.8 Å². The lowest BCUT2D eigenvalue weighted by Gasteiger charge is -2.09. The monoisotopic (exact) mass is 375 g/mol. The molecule has 4 nitrogen and oxygen atoms in total. The van der Waals surface area contributed by atoms with Crippen molar-refractivity contribution in [3.63, 3.8) is 0 Å². The second kappa shape index (κ2) is 8.37. The Kier molecular flexibility index (Phi) is 5.95. The number of aryl methyl sites for hydroxylation is 1. The van der Waals surface area contributed by atoms with Crippen LogP contribution >= 0.6 is 23.2 Å². The van der Waals surface area contributed by atoms with E-state index in [1.54, 1.807) is 0 Å². The number of unbranched alkanes of at least 4 members (excludes halogenated alkanes) is 2. The minimum Gasteiger partial charge on any atom is -0.492 e. The van der Waals surface area contributed by atoms with Crippen molar-refractivity contribution >= 4 is 39.8 Å². The van der Waals surface area contributed by atoms with E-state index in [9.17, 15) is 0 Å². The third-order valence-corrected chi connectivity index (χ3v) is 4.44. The van der Waals surface area contributed by atoms with E-state index in [0.29, 0.717) is 17.3 Å². The lowest BCUT2D eigenvalue weighted by molar-refractivity contribution is 0.305. The predicted octanol–water partition coefficient (Wildman–Crippen LogP) is 5.31. The number of hydrogen-bond acceptors (Lipinski definition) is 4. The molecular formula is C19H19Cl2N3O. The van der Waals surface area contributed by atoms with Gasteiger partial charge in [0.25, 0.3) is 0 Å². The van der Waals surface area contributed by atoms with Gasteiger partial charge in [-0.15, -0.1) is 0 Å². The fourth-order valence-electron chi connectivity index (χ4n) is 2.75. The number of hydrogen-bond donors (Lipinski definition) is 1. The summed E-state index contributed by atoms with van der Waals surface area (Å²) in [6.07, 6.45) is 3.74. The van der Waals surface area contributed by atoms with E-state index < -0.39 is 0 Å². The van der Waals surface area contributed by atoms with Crippen LogP contribution < -0.4 is 10.5 Å². The van der Waals surface area contributed by atoms with Crippen LogP contribution in [0.3, 0.4) is 0 Å². The molecule has 25 heavy (non-hydrogen) atoms. The Bertz CT molecular complexity index is 870. The van der Waals surface area contributed by atoms with Crippen LogP contribution in [-0.4, -0.2) is 16.6 Å². The molecule has 0 amide bonds. The maximum atomic E-state index is 6.08. The first-order chi connectivity index (χ1) is 12.1. The summed E-state index contributed by atoms with van der Waals surface area (Å²) in [6, 6.07) is 13.1. The van der Waals surface area contributed by atoms with Crippen molar-refractivity contribution in [2.24, 2.45) is 0 Å². The van der Waals surface area contributed by atoms with E-state index in [-0.39, 0.29) is 5.28 Å². The van der Waals surface area contributed by atoms with Crippen LogP contribution in [0.15, 0.2) is 42.5 Å². The maximum Gasteiger partial charge on any atom is 0.223 e. The molecule has 3 aromatic rings. The van der Waals surface area contributed by atoms with Gasteiger partial charge in [-0.3, -0.25) is 0 Å². The standard InChI is InChI=1S/C19H19Cl2N3O/c20-13-7-3-4-11-17(13)25-12-5-1-2-9-15-18-14(22)8-6-10-16(18)24-19(21)23-15/h3-4,6-8,10-11H,1-2,5,9,12,22H2. The third kappa shape index (κ3) is 4.53. The molecule has 2 N–H and O–H groups in total. The van der Waals surface area contributed by atoms with Crippen LogP contribution in [0, 0.1) is 0 Å². The van der Waals surface area contributed by atoms with Crippen molar-refractivity contribution in [1.29, 1.82) is 0 Å². The fraction of sp³-hybridized carbons (Fsp3) is 0.263. The lowest BCUT2D eigenvalue weighted by atomic mass is 10.1. The summed E-state index contributed by atoms with van der Waals surface area (Å²) in [7, 11) is 0. The number of anilines is 1. The normalized spacial score (nSPS) is 11.0. The van der Waals surface area contributed by atoms with Gasteiger partial charge in [0, 0.05) is 11.1 Å². The van der Waals surface area contributed by atoms with E-state index in [4.69, 9.17) is 33.7 Å². The zero-order valence-electron chi connectivity index (χ0n) is 13.7. The van der Waals surface area contributed by atoms with Crippen molar-refractivity contribution in [2.75, 3.05) is 12.3 Å². The number of benzene rings is 2. The second-order valence-corrected chi connectivity index (χ2v) is 6.52. The number of halogens is 2. The quantitative estimate of drug-likeness (QED) is 0.345. The lowest BCUT2D eigenvalue weighted by Crippen LogP contribution is -2.01. The number of nitrogens with zero attached hydrogens (tertiary/aromatic N) is 2. The van der Waals surface area contributed by atoms with E-state index in [1.165, 1.54) is 0 Å². The van der Waals surface area contributed by atoms with E-state index in [0.717, 1.165) is 48.0 Å². The molecule has 0 aliphatic carbocycles. The zero-order valence-corrected chi connectivity index (χ0v) is 15.2. The van der Waals surface area contributed by atoms with Gasteiger partial charge in [0.1, 0.15) is 5.75 Å². The average molecular weight is 376 g/mol. The first kappa shape index (κ1) is 17.8. The van der Waals surface area contributed by atoms with Gasteiger partial charge in [0.2, 0.25) is 5.28 Å². The van der Waals surface area contributed by atoms with Crippen LogP contribution in [0.4, 0.5) is 5.69 Å². The molecule has 0 radical (unpaired) electrons. The Labute approximate surface area is 156 Å². The highest BCUT2D eigenvalue weighted by Crippen LogP contribution is 2.26. The summed E-state index contributed by atoms with van der Waals surface area (Å²) in [5.41, 5.74) is 8.46. The summed E-state index contributed by atoms with van der Waals surface area (Å²) in [4.78, 5) is 8.60. The van der Waals surface area contributed by atoms with Gasteiger partial charge in [-0.25, -0.2) is 9.97 Å². The molecule has 1 heterocycles. The molecule has 0 bridgehead atoms. The molecule has 2 aromatic carbocycles. The van der Waals surface area contributed by atoms with Crippen LogP contribution in [-0.2, 0) is 6.42 Å². The van der Waals surface area contributed by atoms with Gasteiger partial charge in [0.15, 0.2) is 0 Å². The second-order valence-electron chi connectivity index (χ2n) is 5.77. The minimum atomic E-state index is 0.259. The summed E-state index contributed by atoms with van der Waals surface area (Å²) >= 11 is 12.1. The molecule has 1 aromatic heterocycles. The highest BCUT2D eigenvalue weighted by atomic mass is 35.5. The molecule has 0 aliphatic rings. The third-order valence-electron chi connectivity index (χ3n) is 3.96. The summed E-state index contributed by atoms with van der Waals surface area (Å²) < 4.78 is 5.70. The highest BCUT2D eigenvalue weighted by Gasteiger charge is 2.09. The van der Waals surface area contributed by atoms with Crippen LogP contribution in [0.1, 0.15) is 25.0 Å². The van der Waals surface area contributed by atoms with Crippen LogP contribution in [0.25, 0.3) is 10.9 Å². The molecule has 0 atom stereocenters. The van der Waals surface area contributed by atoms with Gasteiger partial charge >= 0.3 is 0 Å². The Morgan fingerprint density at radius 3 is 2.60 bits per heavy atom. The first-order valence-corrected chi connectivity index (χ1v) is 8.98. The largest absolute Gasteiger partial charge is 0.492 e. The average Bonchev–Trinajstić information content (AvgIpc) is 2.59.